The lowest BCUT2D eigenvalue weighted by Gasteiger charge is -2.16. The van der Waals surface area contributed by atoms with Crippen LogP contribution in [-0.2, 0) is 16.6 Å². The van der Waals surface area contributed by atoms with Crippen molar-refractivity contribution < 1.29 is 9.90 Å². The van der Waals surface area contributed by atoms with Gasteiger partial charge in [0.25, 0.3) is 0 Å². The number of carbonyl (C=O) groups is 1. The Morgan fingerprint density at radius 1 is 1.50 bits per heavy atom. The molecule has 0 fully saturated rings. The van der Waals surface area contributed by atoms with E-state index in [4.69, 9.17) is 5.11 Å². The SMILES string of the molecule is Cc1[nH]nc(C(C)(C)C)c1CC(=O)O. The molecule has 0 amide bonds. The first-order chi connectivity index (χ1) is 6.32. The Balaban J connectivity index is 3.13. The van der Waals surface area contributed by atoms with Crippen molar-refractivity contribution in [2.24, 2.45) is 0 Å². The van der Waals surface area contributed by atoms with Gasteiger partial charge in [0.2, 0.25) is 0 Å². The summed E-state index contributed by atoms with van der Waals surface area (Å²) in [6, 6.07) is 0. The molecular formula is C10H16N2O2. The Labute approximate surface area is 83.3 Å². The Morgan fingerprint density at radius 2 is 2.07 bits per heavy atom. The summed E-state index contributed by atoms with van der Waals surface area (Å²) in [7, 11) is 0. The third kappa shape index (κ3) is 2.13. The van der Waals surface area contributed by atoms with Crippen LogP contribution in [0.3, 0.4) is 0 Å². The van der Waals surface area contributed by atoms with E-state index in [1.54, 1.807) is 0 Å². The quantitative estimate of drug-likeness (QED) is 0.755. The molecule has 0 saturated heterocycles. The van der Waals surface area contributed by atoms with Gasteiger partial charge in [0, 0.05) is 16.7 Å². The molecule has 4 nitrogen and oxygen atoms in total. The topological polar surface area (TPSA) is 66.0 Å². The molecular weight excluding hydrogens is 180 g/mol. The second kappa shape index (κ2) is 3.44. The van der Waals surface area contributed by atoms with Crippen molar-refractivity contribution in [1.82, 2.24) is 10.2 Å². The first-order valence-corrected chi connectivity index (χ1v) is 4.58. The van der Waals surface area contributed by atoms with E-state index < -0.39 is 5.97 Å². The number of nitrogens with zero attached hydrogens (tertiary/aromatic N) is 1. The molecule has 4 heteroatoms. The number of aryl methyl sites for hydroxylation is 1. The van der Waals surface area contributed by atoms with E-state index in [1.165, 1.54) is 0 Å². The molecule has 0 bridgehead atoms. The van der Waals surface area contributed by atoms with Gasteiger partial charge in [-0.2, -0.15) is 5.10 Å². The van der Waals surface area contributed by atoms with Crippen LogP contribution in [0.1, 0.15) is 37.7 Å². The second-order valence-corrected chi connectivity index (χ2v) is 4.50. The summed E-state index contributed by atoms with van der Waals surface area (Å²) in [6.07, 6.45) is 0.0366. The van der Waals surface area contributed by atoms with E-state index in [0.717, 1.165) is 17.0 Å². The zero-order valence-electron chi connectivity index (χ0n) is 9.01. The van der Waals surface area contributed by atoms with E-state index in [0.29, 0.717) is 0 Å². The lowest BCUT2D eigenvalue weighted by Crippen LogP contribution is -2.16. The van der Waals surface area contributed by atoms with Crippen LogP contribution in [0.4, 0.5) is 0 Å². The first-order valence-electron chi connectivity index (χ1n) is 4.58. The fourth-order valence-electron chi connectivity index (χ4n) is 1.44. The van der Waals surface area contributed by atoms with Gasteiger partial charge in [0.05, 0.1) is 12.1 Å². The number of aromatic nitrogens is 2. The molecule has 0 spiro atoms. The first kappa shape index (κ1) is 10.8. The maximum absolute atomic E-state index is 10.7. The van der Waals surface area contributed by atoms with Gasteiger partial charge in [-0.1, -0.05) is 20.8 Å². The van der Waals surface area contributed by atoms with Gasteiger partial charge in [-0.3, -0.25) is 9.89 Å². The molecule has 1 aromatic rings. The molecule has 0 aliphatic heterocycles. The van der Waals surface area contributed by atoms with Crippen molar-refractivity contribution in [2.45, 2.75) is 39.5 Å². The molecule has 0 aliphatic carbocycles. The fraction of sp³-hybridized carbons (Fsp3) is 0.600. The van der Waals surface area contributed by atoms with Gasteiger partial charge < -0.3 is 5.11 Å². The summed E-state index contributed by atoms with van der Waals surface area (Å²) >= 11 is 0. The summed E-state index contributed by atoms with van der Waals surface area (Å²) < 4.78 is 0. The zero-order chi connectivity index (χ0) is 10.9. The Kier molecular flexibility index (Phi) is 2.64. The summed E-state index contributed by atoms with van der Waals surface area (Å²) in [5, 5.41) is 15.7. The van der Waals surface area contributed by atoms with E-state index in [-0.39, 0.29) is 11.8 Å². The van der Waals surface area contributed by atoms with Crippen molar-refractivity contribution in [2.75, 3.05) is 0 Å². The fourth-order valence-corrected chi connectivity index (χ4v) is 1.44. The summed E-state index contributed by atoms with van der Waals surface area (Å²) in [5.41, 5.74) is 2.38. The number of carboxylic acid groups (broad SMARTS) is 1. The van der Waals surface area contributed by atoms with E-state index in [9.17, 15) is 4.79 Å². The monoisotopic (exact) mass is 196 g/mol. The van der Waals surface area contributed by atoms with Crippen LogP contribution in [0, 0.1) is 6.92 Å². The molecule has 0 unspecified atom stereocenters. The molecule has 1 heterocycles. The smallest absolute Gasteiger partial charge is 0.307 e. The number of nitrogens with one attached hydrogen (secondary N) is 1. The van der Waals surface area contributed by atoms with Crippen LogP contribution in [0.25, 0.3) is 0 Å². The molecule has 0 radical (unpaired) electrons. The van der Waals surface area contributed by atoms with Crippen molar-refractivity contribution in [3.63, 3.8) is 0 Å². The Morgan fingerprint density at radius 3 is 2.50 bits per heavy atom. The highest BCUT2D eigenvalue weighted by molar-refractivity contribution is 5.71. The number of hydrogen-bond acceptors (Lipinski definition) is 2. The maximum atomic E-state index is 10.7. The van der Waals surface area contributed by atoms with Crippen molar-refractivity contribution in [1.29, 1.82) is 0 Å². The molecule has 0 aromatic carbocycles. The number of H-pyrrole nitrogens is 1. The second-order valence-electron chi connectivity index (χ2n) is 4.50. The maximum Gasteiger partial charge on any atom is 0.307 e. The third-order valence-corrected chi connectivity index (χ3v) is 2.11. The predicted octanol–water partition coefficient (Wildman–Crippen LogP) is 1.64. The van der Waals surface area contributed by atoms with Gasteiger partial charge in [-0.25, -0.2) is 0 Å². The highest BCUT2D eigenvalue weighted by Gasteiger charge is 2.23. The molecule has 0 aliphatic rings. The number of aromatic amines is 1. The largest absolute Gasteiger partial charge is 0.481 e. The standard InChI is InChI=1S/C10H16N2O2/c1-6-7(5-8(13)14)9(12-11-6)10(2,3)4/h5H2,1-4H3,(H,11,12)(H,13,14). The van der Waals surface area contributed by atoms with Gasteiger partial charge in [0.15, 0.2) is 0 Å². The van der Waals surface area contributed by atoms with E-state index in [1.807, 2.05) is 27.7 Å². The molecule has 2 N–H and O–H groups in total. The molecule has 0 saturated carbocycles. The Hall–Kier alpha value is -1.32. The average molecular weight is 196 g/mol. The number of hydrogen-bond donors (Lipinski definition) is 2. The molecule has 1 aromatic heterocycles. The average Bonchev–Trinajstić information content (AvgIpc) is 2.30. The highest BCUT2D eigenvalue weighted by atomic mass is 16.4. The molecule has 14 heavy (non-hydrogen) atoms. The highest BCUT2D eigenvalue weighted by Crippen LogP contribution is 2.25. The zero-order valence-corrected chi connectivity index (χ0v) is 9.01. The molecule has 0 atom stereocenters. The number of rotatable bonds is 2. The van der Waals surface area contributed by atoms with E-state index >= 15 is 0 Å². The van der Waals surface area contributed by atoms with E-state index in [2.05, 4.69) is 10.2 Å². The van der Waals surface area contributed by atoms with Crippen molar-refractivity contribution >= 4 is 5.97 Å². The molecule has 1 rings (SSSR count). The lowest BCUT2D eigenvalue weighted by atomic mass is 9.88. The van der Waals surface area contributed by atoms with Crippen LogP contribution in [0.5, 0.6) is 0 Å². The Bertz CT molecular complexity index is 347. The van der Waals surface area contributed by atoms with Gasteiger partial charge in [-0.15, -0.1) is 0 Å². The predicted molar refractivity (Wildman–Crippen MR) is 53.4 cm³/mol. The summed E-state index contributed by atoms with van der Waals surface area (Å²) in [5.74, 6) is -0.819. The number of carboxylic acids is 1. The van der Waals surface area contributed by atoms with Crippen molar-refractivity contribution in [3.05, 3.63) is 17.0 Å². The lowest BCUT2D eigenvalue weighted by molar-refractivity contribution is -0.136. The summed E-state index contributed by atoms with van der Waals surface area (Å²) in [4.78, 5) is 10.7. The van der Waals surface area contributed by atoms with Crippen LogP contribution in [0.2, 0.25) is 0 Å². The van der Waals surface area contributed by atoms with Crippen LogP contribution in [0.15, 0.2) is 0 Å². The third-order valence-electron chi connectivity index (χ3n) is 2.11. The summed E-state index contributed by atoms with van der Waals surface area (Å²) in [6.45, 7) is 7.91. The van der Waals surface area contributed by atoms with Crippen LogP contribution in [-0.4, -0.2) is 21.3 Å². The van der Waals surface area contributed by atoms with Gasteiger partial charge >= 0.3 is 5.97 Å². The van der Waals surface area contributed by atoms with Gasteiger partial charge in [-0.05, 0) is 6.92 Å². The van der Waals surface area contributed by atoms with Crippen LogP contribution >= 0.6 is 0 Å². The van der Waals surface area contributed by atoms with Gasteiger partial charge in [0.1, 0.15) is 0 Å². The van der Waals surface area contributed by atoms with Crippen LogP contribution < -0.4 is 0 Å². The normalized spacial score (nSPS) is 11.7. The minimum atomic E-state index is -0.819. The molecule has 78 valence electrons. The van der Waals surface area contributed by atoms with Crippen molar-refractivity contribution in [3.8, 4) is 0 Å². The minimum absolute atomic E-state index is 0.0366. The number of aliphatic carboxylic acids is 1. The minimum Gasteiger partial charge on any atom is -0.481 e.